The van der Waals surface area contributed by atoms with Crippen LogP contribution in [0.2, 0.25) is 0 Å². The molecule has 0 atom stereocenters. The molecular weight excluding hydrogens is 387 g/mol. The molecule has 10 heteroatoms. The smallest absolute Gasteiger partial charge is 0.419 e. The fourth-order valence-corrected chi connectivity index (χ4v) is 3.19. The van der Waals surface area contributed by atoms with Crippen molar-refractivity contribution in [2.45, 2.75) is 25.9 Å². The minimum Gasteiger partial charge on any atom is -0.507 e. The molecule has 2 amide bonds. The first-order valence-electron chi connectivity index (χ1n) is 7.94. The number of esters is 1. The summed E-state index contributed by atoms with van der Waals surface area (Å²) in [7, 11) is 0. The van der Waals surface area contributed by atoms with Gasteiger partial charge >= 0.3 is 12.1 Å². The van der Waals surface area contributed by atoms with Crippen LogP contribution in [0, 0.1) is 0 Å². The van der Waals surface area contributed by atoms with E-state index in [4.69, 9.17) is 4.74 Å². The number of phenols is 1. The zero-order valence-electron chi connectivity index (χ0n) is 14.2. The van der Waals surface area contributed by atoms with Gasteiger partial charge in [-0.25, -0.2) is 0 Å². The van der Waals surface area contributed by atoms with Crippen molar-refractivity contribution in [3.8, 4) is 5.75 Å². The van der Waals surface area contributed by atoms with Gasteiger partial charge in [-0.15, -0.1) is 0 Å². The summed E-state index contributed by atoms with van der Waals surface area (Å²) in [6, 6.07) is 2.78. The number of hydrogen-bond donors (Lipinski definition) is 1. The zero-order chi connectivity index (χ0) is 20.2. The molecule has 0 unspecified atom stereocenters. The van der Waals surface area contributed by atoms with Crippen molar-refractivity contribution in [1.82, 2.24) is 4.90 Å². The zero-order valence-corrected chi connectivity index (χ0v) is 15.0. The third-order valence-electron chi connectivity index (χ3n) is 3.57. The average Bonchev–Trinajstić information content (AvgIpc) is 2.83. The van der Waals surface area contributed by atoms with Gasteiger partial charge in [-0.1, -0.05) is 6.07 Å². The van der Waals surface area contributed by atoms with Gasteiger partial charge in [0.25, 0.3) is 11.1 Å². The van der Waals surface area contributed by atoms with Crippen LogP contribution in [0.15, 0.2) is 23.1 Å². The monoisotopic (exact) mass is 403 g/mol. The van der Waals surface area contributed by atoms with Crippen molar-refractivity contribution in [2.24, 2.45) is 0 Å². The van der Waals surface area contributed by atoms with Crippen molar-refractivity contribution in [2.75, 3.05) is 13.2 Å². The van der Waals surface area contributed by atoms with E-state index >= 15 is 0 Å². The van der Waals surface area contributed by atoms with Gasteiger partial charge < -0.3 is 9.84 Å². The number of phenolic OH excluding ortho intramolecular Hbond substituents is 1. The minimum atomic E-state index is -4.75. The number of hydrogen-bond acceptors (Lipinski definition) is 6. The van der Waals surface area contributed by atoms with Crippen LogP contribution in [0.25, 0.3) is 6.08 Å². The van der Waals surface area contributed by atoms with E-state index in [0.717, 1.165) is 17.0 Å². The first-order chi connectivity index (χ1) is 12.6. The predicted molar refractivity (Wildman–Crippen MR) is 91.7 cm³/mol. The summed E-state index contributed by atoms with van der Waals surface area (Å²) in [5.41, 5.74) is -1.21. The van der Waals surface area contributed by atoms with Gasteiger partial charge in [-0.3, -0.25) is 19.3 Å². The number of halogens is 3. The molecule has 0 spiro atoms. The van der Waals surface area contributed by atoms with Crippen LogP contribution in [-0.4, -0.2) is 40.3 Å². The number of alkyl halides is 3. The van der Waals surface area contributed by atoms with E-state index in [9.17, 15) is 32.7 Å². The fraction of sp³-hybridized carbons (Fsp3) is 0.353. The molecule has 2 rings (SSSR count). The molecule has 0 aromatic heterocycles. The quantitative estimate of drug-likeness (QED) is 0.575. The van der Waals surface area contributed by atoms with Crippen LogP contribution in [0.5, 0.6) is 5.75 Å². The summed E-state index contributed by atoms with van der Waals surface area (Å²) in [6.45, 7) is 1.90. The van der Waals surface area contributed by atoms with Gasteiger partial charge in [0.05, 0.1) is 17.1 Å². The third kappa shape index (κ3) is 5.25. The Hall–Kier alpha value is -2.49. The van der Waals surface area contributed by atoms with Crippen LogP contribution in [0.3, 0.4) is 0 Å². The number of rotatable bonds is 6. The van der Waals surface area contributed by atoms with Gasteiger partial charge in [-0.05, 0) is 48.9 Å². The largest absolute Gasteiger partial charge is 0.507 e. The Kier molecular flexibility index (Phi) is 6.53. The van der Waals surface area contributed by atoms with E-state index in [1.165, 1.54) is 6.07 Å². The second-order valence-electron chi connectivity index (χ2n) is 5.52. The number of benzene rings is 1. The van der Waals surface area contributed by atoms with Crippen molar-refractivity contribution >= 4 is 35.0 Å². The van der Waals surface area contributed by atoms with Crippen LogP contribution in [0.4, 0.5) is 18.0 Å². The maximum Gasteiger partial charge on any atom is 0.419 e. The number of thioether (sulfide) groups is 1. The number of aromatic hydroxyl groups is 1. The highest BCUT2D eigenvalue weighted by Crippen LogP contribution is 2.38. The third-order valence-corrected chi connectivity index (χ3v) is 4.47. The Labute approximate surface area is 157 Å². The highest BCUT2D eigenvalue weighted by Gasteiger charge is 2.36. The van der Waals surface area contributed by atoms with E-state index in [2.05, 4.69) is 0 Å². The molecule has 1 heterocycles. The topological polar surface area (TPSA) is 83.9 Å². The van der Waals surface area contributed by atoms with Crippen LogP contribution in [0.1, 0.15) is 30.9 Å². The standard InChI is InChI=1S/C17H16F3NO5S/c1-2-26-14(23)4-3-7-21-15(24)13(27-16(21)25)9-10-5-6-12(22)11(8-10)17(18,19)20/h5-6,8-9,22H,2-4,7H2,1H3. The lowest BCUT2D eigenvalue weighted by Gasteiger charge is -2.11. The summed E-state index contributed by atoms with van der Waals surface area (Å²) >= 11 is 0.602. The lowest BCUT2D eigenvalue weighted by atomic mass is 10.1. The highest BCUT2D eigenvalue weighted by atomic mass is 32.2. The van der Waals surface area contributed by atoms with Crippen LogP contribution >= 0.6 is 11.8 Å². The van der Waals surface area contributed by atoms with E-state index in [1.807, 2.05) is 0 Å². The Morgan fingerprint density at radius 3 is 2.67 bits per heavy atom. The number of carbonyl (C=O) groups is 3. The molecule has 0 radical (unpaired) electrons. The molecule has 0 saturated carbocycles. The highest BCUT2D eigenvalue weighted by molar-refractivity contribution is 8.18. The Morgan fingerprint density at radius 2 is 2.04 bits per heavy atom. The molecule has 1 aromatic carbocycles. The SMILES string of the molecule is CCOC(=O)CCCN1C(=O)SC(=Cc2ccc(O)c(C(F)(F)F)c2)C1=O. The normalized spacial score (nSPS) is 16.3. The second kappa shape index (κ2) is 8.47. The predicted octanol–water partition coefficient (Wildman–Crippen LogP) is 3.79. The molecule has 146 valence electrons. The Balaban J connectivity index is 2.11. The molecule has 0 aliphatic carbocycles. The summed E-state index contributed by atoms with van der Waals surface area (Å²) in [5.74, 6) is -2.01. The summed E-state index contributed by atoms with van der Waals surface area (Å²) in [4.78, 5) is 36.4. The molecule has 1 aliphatic heterocycles. The maximum absolute atomic E-state index is 12.8. The van der Waals surface area contributed by atoms with Crippen molar-refractivity contribution < 1.29 is 37.4 Å². The van der Waals surface area contributed by atoms with Gasteiger partial charge in [0.1, 0.15) is 5.75 Å². The molecule has 27 heavy (non-hydrogen) atoms. The molecular formula is C17H16F3NO5S. The first-order valence-corrected chi connectivity index (χ1v) is 8.76. The Morgan fingerprint density at radius 1 is 1.33 bits per heavy atom. The number of carbonyl (C=O) groups excluding carboxylic acids is 3. The lowest BCUT2D eigenvalue weighted by molar-refractivity contribution is -0.143. The Bertz CT molecular complexity index is 791. The molecule has 0 bridgehead atoms. The number of ether oxygens (including phenoxy) is 1. The van der Waals surface area contributed by atoms with Gasteiger partial charge in [0.15, 0.2) is 0 Å². The van der Waals surface area contributed by atoms with Crippen LogP contribution in [-0.2, 0) is 20.5 Å². The molecule has 6 nitrogen and oxygen atoms in total. The summed E-state index contributed by atoms with van der Waals surface area (Å²) < 4.78 is 43.3. The van der Waals surface area contributed by atoms with Crippen molar-refractivity contribution in [3.05, 3.63) is 34.2 Å². The van der Waals surface area contributed by atoms with Gasteiger partial charge in [0, 0.05) is 13.0 Å². The number of imide groups is 1. The van der Waals surface area contributed by atoms with Crippen molar-refractivity contribution in [1.29, 1.82) is 0 Å². The molecule has 1 aliphatic rings. The minimum absolute atomic E-state index is 0.00417. The van der Waals surface area contributed by atoms with Crippen molar-refractivity contribution in [3.63, 3.8) is 0 Å². The van der Waals surface area contributed by atoms with E-state index in [-0.39, 0.29) is 36.5 Å². The van der Waals surface area contributed by atoms with E-state index < -0.39 is 34.6 Å². The fourth-order valence-electron chi connectivity index (χ4n) is 2.33. The van der Waals surface area contributed by atoms with Crippen LogP contribution < -0.4 is 0 Å². The number of amides is 2. The molecule has 1 aromatic rings. The molecule has 1 saturated heterocycles. The maximum atomic E-state index is 12.8. The second-order valence-corrected chi connectivity index (χ2v) is 6.51. The number of nitrogens with zero attached hydrogens (tertiary/aromatic N) is 1. The summed E-state index contributed by atoms with van der Waals surface area (Å²) in [5, 5.41) is 8.77. The van der Waals surface area contributed by atoms with Gasteiger partial charge in [0.2, 0.25) is 0 Å². The lowest BCUT2D eigenvalue weighted by Crippen LogP contribution is -2.29. The van der Waals surface area contributed by atoms with E-state index in [1.54, 1.807) is 6.92 Å². The summed E-state index contributed by atoms with van der Waals surface area (Å²) in [6.07, 6.45) is -3.32. The van der Waals surface area contributed by atoms with E-state index in [0.29, 0.717) is 17.8 Å². The molecule has 1 N–H and O–H groups in total. The average molecular weight is 403 g/mol. The van der Waals surface area contributed by atoms with Gasteiger partial charge in [-0.2, -0.15) is 13.2 Å². The first kappa shape index (κ1) is 20.8. The molecule has 1 fully saturated rings.